The molecule has 0 amide bonds. The van der Waals surface area contributed by atoms with Crippen molar-refractivity contribution in [3.63, 3.8) is 0 Å². The zero-order valence-corrected chi connectivity index (χ0v) is 14.3. The molecule has 2 unspecified atom stereocenters. The summed E-state index contributed by atoms with van der Waals surface area (Å²) >= 11 is 0. The van der Waals surface area contributed by atoms with E-state index < -0.39 is 0 Å². The lowest BCUT2D eigenvalue weighted by atomic mass is 9.87. The van der Waals surface area contributed by atoms with Crippen molar-refractivity contribution in [1.82, 2.24) is 5.32 Å². The Morgan fingerprint density at radius 2 is 2.00 bits per heavy atom. The Morgan fingerprint density at radius 1 is 1.32 bits per heavy atom. The summed E-state index contributed by atoms with van der Waals surface area (Å²) in [6.45, 7) is 12.2. The third-order valence-corrected chi connectivity index (χ3v) is 3.92. The van der Waals surface area contributed by atoms with E-state index in [-0.39, 0.29) is 0 Å². The molecule has 1 aromatic carbocycles. The zero-order chi connectivity index (χ0) is 16.4. The van der Waals surface area contributed by atoms with Crippen molar-refractivity contribution in [1.29, 1.82) is 0 Å². The summed E-state index contributed by atoms with van der Waals surface area (Å²) < 4.78 is 5.32. The second-order valence-electron chi connectivity index (χ2n) is 5.64. The van der Waals surface area contributed by atoms with Gasteiger partial charge < -0.3 is 10.1 Å². The van der Waals surface area contributed by atoms with E-state index in [2.05, 4.69) is 56.1 Å². The standard InChI is InChI=1S/C20H29NO/c1-6-19(22-5)13-16(3)20(7-2)17(4)14-21-15-18-11-9-8-10-12-18/h6-13,17,20-21H,2,14-15H2,1,3-5H3. The summed E-state index contributed by atoms with van der Waals surface area (Å²) in [7, 11) is 1.70. The molecule has 0 aliphatic heterocycles. The van der Waals surface area contributed by atoms with E-state index >= 15 is 0 Å². The van der Waals surface area contributed by atoms with Crippen LogP contribution in [0.5, 0.6) is 0 Å². The van der Waals surface area contributed by atoms with Gasteiger partial charge in [0.05, 0.1) is 7.11 Å². The first-order valence-corrected chi connectivity index (χ1v) is 7.88. The molecule has 120 valence electrons. The molecule has 1 rings (SSSR count). The lowest BCUT2D eigenvalue weighted by Crippen LogP contribution is -2.26. The highest BCUT2D eigenvalue weighted by molar-refractivity contribution is 5.22. The SMILES string of the molecule is C=CC(C(C)=CC(=CC)OC)C(C)CNCc1ccccc1. The molecule has 2 heteroatoms. The van der Waals surface area contributed by atoms with Crippen LogP contribution in [0, 0.1) is 11.8 Å². The largest absolute Gasteiger partial charge is 0.497 e. The average molecular weight is 299 g/mol. The van der Waals surface area contributed by atoms with Gasteiger partial charge in [0.2, 0.25) is 0 Å². The molecule has 22 heavy (non-hydrogen) atoms. The van der Waals surface area contributed by atoms with Crippen molar-refractivity contribution in [3.05, 3.63) is 72.0 Å². The van der Waals surface area contributed by atoms with Crippen molar-refractivity contribution in [3.8, 4) is 0 Å². The number of nitrogens with one attached hydrogen (secondary N) is 1. The Labute approximate surface area is 135 Å². The fourth-order valence-corrected chi connectivity index (χ4v) is 2.61. The predicted molar refractivity (Wildman–Crippen MR) is 95.5 cm³/mol. The van der Waals surface area contributed by atoms with Crippen LogP contribution in [0.2, 0.25) is 0 Å². The maximum atomic E-state index is 5.32. The maximum Gasteiger partial charge on any atom is 0.114 e. The molecular weight excluding hydrogens is 270 g/mol. The molecule has 0 aromatic heterocycles. The lowest BCUT2D eigenvalue weighted by Gasteiger charge is -2.22. The molecule has 0 aliphatic rings. The third kappa shape index (κ3) is 5.90. The van der Waals surface area contributed by atoms with Gasteiger partial charge in [0, 0.05) is 12.5 Å². The van der Waals surface area contributed by atoms with Crippen LogP contribution >= 0.6 is 0 Å². The van der Waals surface area contributed by atoms with Crippen LogP contribution in [0.1, 0.15) is 26.3 Å². The molecular formula is C20H29NO. The van der Waals surface area contributed by atoms with Crippen LogP contribution in [0.4, 0.5) is 0 Å². The molecule has 0 radical (unpaired) electrons. The molecule has 1 N–H and O–H groups in total. The fourth-order valence-electron chi connectivity index (χ4n) is 2.61. The second kappa shape index (κ2) is 10.0. The third-order valence-electron chi connectivity index (χ3n) is 3.92. The first kappa shape index (κ1) is 18.2. The smallest absolute Gasteiger partial charge is 0.114 e. The van der Waals surface area contributed by atoms with Crippen LogP contribution < -0.4 is 5.32 Å². The number of hydrogen-bond acceptors (Lipinski definition) is 2. The second-order valence-corrected chi connectivity index (χ2v) is 5.64. The van der Waals surface area contributed by atoms with E-state index in [1.165, 1.54) is 11.1 Å². The molecule has 0 saturated heterocycles. The van der Waals surface area contributed by atoms with E-state index in [1.807, 2.05) is 25.1 Å². The summed E-state index contributed by atoms with van der Waals surface area (Å²) in [6.07, 6.45) is 6.10. The fraction of sp³-hybridized carbons (Fsp3) is 0.400. The number of benzene rings is 1. The zero-order valence-electron chi connectivity index (χ0n) is 14.3. The van der Waals surface area contributed by atoms with Crippen LogP contribution in [0.25, 0.3) is 0 Å². The number of ether oxygens (including phenoxy) is 1. The van der Waals surface area contributed by atoms with E-state index in [0.29, 0.717) is 11.8 Å². The molecule has 2 atom stereocenters. The monoisotopic (exact) mass is 299 g/mol. The van der Waals surface area contributed by atoms with Crippen molar-refractivity contribution >= 4 is 0 Å². The van der Waals surface area contributed by atoms with Crippen molar-refractivity contribution in [2.75, 3.05) is 13.7 Å². The molecule has 1 aromatic rings. The lowest BCUT2D eigenvalue weighted by molar-refractivity contribution is 0.304. The molecule has 0 saturated carbocycles. The van der Waals surface area contributed by atoms with Crippen molar-refractivity contribution < 1.29 is 4.74 Å². The van der Waals surface area contributed by atoms with Crippen LogP contribution in [0.15, 0.2) is 66.5 Å². The maximum absolute atomic E-state index is 5.32. The van der Waals surface area contributed by atoms with E-state index in [0.717, 1.165) is 18.8 Å². The van der Waals surface area contributed by atoms with E-state index in [1.54, 1.807) is 7.11 Å². The Morgan fingerprint density at radius 3 is 2.55 bits per heavy atom. The molecule has 0 bridgehead atoms. The summed E-state index contributed by atoms with van der Waals surface area (Å²) in [4.78, 5) is 0. The van der Waals surface area contributed by atoms with Gasteiger partial charge >= 0.3 is 0 Å². The Balaban J connectivity index is 2.57. The number of rotatable bonds is 9. The predicted octanol–water partition coefficient (Wildman–Crippen LogP) is 4.71. The Kier molecular flexibility index (Phi) is 8.31. The van der Waals surface area contributed by atoms with Gasteiger partial charge in [0.25, 0.3) is 0 Å². The van der Waals surface area contributed by atoms with Crippen LogP contribution in [-0.4, -0.2) is 13.7 Å². The molecule has 0 spiro atoms. The van der Waals surface area contributed by atoms with Gasteiger partial charge in [-0.1, -0.05) is 48.9 Å². The van der Waals surface area contributed by atoms with Crippen molar-refractivity contribution in [2.45, 2.75) is 27.3 Å². The van der Waals surface area contributed by atoms with Gasteiger partial charge in [-0.3, -0.25) is 0 Å². The molecule has 0 fully saturated rings. The minimum atomic E-state index is 0.341. The van der Waals surface area contributed by atoms with Gasteiger partial charge in [-0.15, -0.1) is 6.58 Å². The molecule has 2 nitrogen and oxygen atoms in total. The average Bonchev–Trinajstić information content (AvgIpc) is 2.54. The first-order chi connectivity index (χ1) is 10.6. The van der Waals surface area contributed by atoms with E-state index in [4.69, 9.17) is 4.74 Å². The van der Waals surface area contributed by atoms with Crippen LogP contribution in [-0.2, 0) is 11.3 Å². The van der Waals surface area contributed by atoms with Gasteiger partial charge in [0.1, 0.15) is 5.76 Å². The molecule has 0 aliphatic carbocycles. The minimum Gasteiger partial charge on any atom is -0.497 e. The summed E-state index contributed by atoms with van der Waals surface area (Å²) in [5.41, 5.74) is 2.59. The number of methoxy groups -OCH3 is 1. The Hall–Kier alpha value is -1.80. The summed E-state index contributed by atoms with van der Waals surface area (Å²) in [6, 6.07) is 10.5. The minimum absolute atomic E-state index is 0.341. The van der Waals surface area contributed by atoms with E-state index in [9.17, 15) is 0 Å². The van der Waals surface area contributed by atoms with Crippen molar-refractivity contribution in [2.24, 2.45) is 11.8 Å². The highest BCUT2D eigenvalue weighted by Crippen LogP contribution is 2.23. The Bertz CT molecular complexity index is 502. The molecule has 0 heterocycles. The van der Waals surface area contributed by atoms with Gasteiger partial charge in [0.15, 0.2) is 0 Å². The van der Waals surface area contributed by atoms with Gasteiger partial charge in [-0.25, -0.2) is 0 Å². The first-order valence-electron chi connectivity index (χ1n) is 7.88. The van der Waals surface area contributed by atoms with Crippen LogP contribution in [0.3, 0.4) is 0 Å². The van der Waals surface area contributed by atoms with Gasteiger partial charge in [-0.05, 0) is 44.0 Å². The topological polar surface area (TPSA) is 21.3 Å². The summed E-state index contributed by atoms with van der Waals surface area (Å²) in [5.74, 6) is 1.72. The number of hydrogen-bond donors (Lipinski definition) is 1. The number of allylic oxidation sites excluding steroid dienone is 4. The van der Waals surface area contributed by atoms with Gasteiger partial charge in [-0.2, -0.15) is 0 Å². The quantitative estimate of drug-likeness (QED) is 0.405. The highest BCUT2D eigenvalue weighted by Gasteiger charge is 2.15. The normalized spacial score (nSPS) is 15.3. The highest BCUT2D eigenvalue weighted by atomic mass is 16.5. The summed E-state index contributed by atoms with van der Waals surface area (Å²) in [5, 5.41) is 3.53.